The minimum Gasteiger partial charge on any atom is -0.211 e. The third kappa shape index (κ3) is 4.89. The summed E-state index contributed by atoms with van der Waals surface area (Å²) in [5.41, 5.74) is 6.70. The van der Waals surface area contributed by atoms with Crippen LogP contribution in [0.4, 0.5) is 13.2 Å². The van der Waals surface area contributed by atoms with E-state index < -0.39 is 11.9 Å². The molecule has 0 bridgehead atoms. The van der Waals surface area contributed by atoms with Gasteiger partial charge in [0.15, 0.2) is 5.69 Å². The standard InChI is InChI=1S/C30H25F3N4/c1-18-5-11-22(12-6-18)25-17-26(30(31,32)33)35-29(34-25)37-28(24-15-9-20(3)10-16-24)21(4)27(36-37)23-13-7-19(2)8-14-23/h5-17H,1-4H3. The Balaban J connectivity index is 1.78. The van der Waals surface area contributed by atoms with E-state index in [1.807, 2.05) is 88.4 Å². The first-order valence-electron chi connectivity index (χ1n) is 11.9. The molecular weight excluding hydrogens is 473 g/mol. The third-order valence-corrected chi connectivity index (χ3v) is 6.31. The van der Waals surface area contributed by atoms with E-state index in [1.54, 1.807) is 12.1 Å². The fourth-order valence-corrected chi connectivity index (χ4v) is 4.22. The first-order valence-corrected chi connectivity index (χ1v) is 11.9. The van der Waals surface area contributed by atoms with Gasteiger partial charge in [-0.15, -0.1) is 0 Å². The molecule has 3 aromatic carbocycles. The lowest BCUT2D eigenvalue weighted by atomic mass is 10.0. The van der Waals surface area contributed by atoms with Crippen molar-refractivity contribution in [2.45, 2.75) is 33.9 Å². The van der Waals surface area contributed by atoms with Crippen LogP contribution in [0, 0.1) is 27.7 Å². The molecule has 0 saturated carbocycles. The van der Waals surface area contributed by atoms with E-state index in [0.29, 0.717) is 17.0 Å². The van der Waals surface area contributed by atoms with Crippen LogP contribution in [0.2, 0.25) is 0 Å². The first kappa shape index (κ1) is 24.4. The number of hydrogen-bond acceptors (Lipinski definition) is 3. The molecule has 5 aromatic rings. The Morgan fingerprint density at radius 2 is 1.11 bits per heavy atom. The first-order chi connectivity index (χ1) is 17.6. The van der Waals surface area contributed by atoms with E-state index in [-0.39, 0.29) is 11.6 Å². The molecule has 37 heavy (non-hydrogen) atoms. The minimum atomic E-state index is -4.65. The molecule has 4 nitrogen and oxygen atoms in total. The second-order valence-corrected chi connectivity index (χ2v) is 9.27. The summed E-state index contributed by atoms with van der Waals surface area (Å²) >= 11 is 0. The lowest BCUT2D eigenvalue weighted by Gasteiger charge is -2.13. The number of rotatable bonds is 4. The molecule has 0 fully saturated rings. The predicted octanol–water partition coefficient (Wildman–Crippen LogP) is 7.92. The Bertz CT molecular complexity index is 1560. The van der Waals surface area contributed by atoms with Crippen LogP contribution in [0.5, 0.6) is 0 Å². The van der Waals surface area contributed by atoms with Crippen LogP contribution in [-0.2, 0) is 6.18 Å². The van der Waals surface area contributed by atoms with Gasteiger partial charge in [0.05, 0.1) is 17.1 Å². The highest BCUT2D eigenvalue weighted by Crippen LogP contribution is 2.35. The van der Waals surface area contributed by atoms with Gasteiger partial charge >= 0.3 is 6.18 Å². The average Bonchev–Trinajstić information content (AvgIpc) is 3.21. The SMILES string of the molecule is Cc1ccc(-c2cc(C(F)(F)F)nc(-n3nc(-c4ccc(C)cc4)c(C)c3-c3ccc(C)cc3)n2)cc1. The molecule has 5 rings (SSSR count). The monoisotopic (exact) mass is 498 g/mol. The maximum absolute atomic E-state index is 14.0. The summed E-state index contributed by atoms with van der Waals surface area (Å²) in [5, 5.41) is 4.78. The smallest absolute Gasteiger partial charge is 0.211 e. The summed E-state index contributed by atoms with van der Waals surface area (Å²) in [6.45, 7) is 7.82. The maximum Gasteiger partial charge on any atom is 0.433 e. The van der Waals surface area contributed by atoms with Gasteiger partial charge < -0.3 is 0 Å². The third-order valence-electron chi connectivity index (χ3n) is 6.31. The molecule has 7 heteroatoms. The molecule has 0 aliphatic heterocycles. The van der Waals surface area contributed by atoms with E-state index in [9.17, 15) is 13.2 Å². The van der Waals surface area contributed by atoms with E-state index in [2.05, 4.69) is 9.97 Å². The van der Waals surface area contributed by atoms with Crippen molar-refractivity contribution in [1.82, 2.24) is 19.7 Å². The summed E-state index contributed by atoms with van der Waals surface area (Å²) in [6.07, 6.45) is -4.65. The molecule has 0 aliphatic rings. The lowest BCUT2D eigenvalue weighted by Crippen LogP contribution is -2.14. The van der Waals surface area contributed by atoms with Crippen molar-refractivity contribution in [1.29, 1.82) is 0 Å². The normalized spacial score (nSPS) is 11.6. The molecule has 0 radical (unpaired) electrons. The highest BCUT2D eigenvalue weighted by atomic mass is 19.4. The molecule has 0 N–H and O–H groups in total. The Morgan fingerprint density at radius 3 is 1.62 bits per heavy atom. The largest absolute Gasteiger partial charge is 0.433 e. The number of nitrogens with zero attached hydrogens (tertiary/aromatic N) is 4. The van der Waals surface area contributed by atoms with E-state index in [4.69, 9.17) is 5.10 Å². The molecule has 2 aromatic heterocycles. The topological polar surface area (TPSA) is 43.6 Å². The van der Waals surface area contributed by atoms with Crippen molar-refractivity contribution < 1.29 is 13.2 Å². The Labute approximate surface area is 213 Å². The number of aryl methyl sites for hydroxylation is 3. The van der Waals surface area contributed by atoms with Crippen LogP contribution in [0.25, 0.3) is 39.7 Å². The van der Waals surface area contributed by atoms with Gasteiger partial charge in [-0.25, -0.2) is 9.97 Å². The summed E-state index contributed by atoms with van der Waals surface area (Å²) in [6, 6.07) is 23.9. The number of halogens is 3. The second kappa shape index (κ2) is 9.32. The quantitative estimate of drug-likeness (QED) is 0.253. The van der Waals surface area contributed by atoms with Crippen molar-refractivity contribution in [3.8, 4) is 39.7 Å². The number of benzene rings is 3. The maximum atomic E-state index is 14.0. The van der Waals surface area contributed by atoms with Gasteiger partial charge in [-0.1, -0.05) is 89.5 Å². The van der Waals surface area contributed by atoms with E-state index >= 15 is 0 Å². The molecule has 0 atom stereocenters. The minimum absolute atomic E-state index is 0.137. The van der Waals surface area contributed by atoms with E-state index in [1.165, 1.54) is 4.68 Å². The summed E-state index contributed by atoms with van der Waals surface area (Å²) in [4.78, 5) is 8.52. The zero-order valence-electron chi connectivity index (χ0n) is 20.9. The van der Waals surface area contributed by atoms with Crippen LogP contribution in [0.1, 0.15) is 27.9 Å². The summed E-state index contributed by atoms with van der Waals surface area (Å²) < 4.78 is 43.4. The summed E-state index contributed by atoms with van der Waals surface area (Å²) in [5.74, 6) is -0.137. The van der Waals surface area contributed by atoms with Gasteiger partial charge in [0, 0.05) is 22.3 Å². The number of alkyl halides is 3. The van der Waals surface area contributed by atoms with Crippen LogP contribution in [-0.4, -0.2) is 19.7 Å². The zero-order chi connectivity index (χ0) is 26.3. The Kier molecular flexibility index (Phi) is 6.15. The van der Waals surface area contributed by atoms with Crippen molar-refractivity contribution in [3.05, 3.63) is 107 Å². The molecular formula is C30H25F3N4. The van der Waals surface area contributed by atoms with Crippen molar-refractivity contribution in [2.75, 3.05) is 0 Å². The van der Waals surface area contributed by atoms with Crippen LogP contribution in [0.15, 0.2) is 78.9 Å². The van der Waals surface area contributed by atoms with Gasteiger partial charge in [-0.05, 0) is 33.8 Å². The van der Waals surface area contributed by atoms with Gasteiger partial charge in [0.1, 0.15) is 0 Å². The van der Waals surface area contributed by atoms with Gasteiger partial charge in [-0.2, -0.15) is 23.0 Å². The molecule has 0 amide bonds. The number of aromatic nitrogens is 4. The van der Waals surface area contributed by atoms with Crippen molar-refractivity contribution in [2.24, 2.45) is 0 Å². The van der Waals surface area contributed by atoms with Gasteiger partial charge in [0.2, 0.25) is 0 Å². The Morgan fingerprint density at radius 1 is 0.622 bits per heavy atom. The highest BCUT2D eigenvalue weighted by molar-refractivity contribution is 5.75. The lowest BCUT2D eigenvalue weighted by molar-refractivity contribution is -0.141. The second-order valence-electron chi connectivity index (χ2n) is 9.27. The highest BCUT2D eigenvalue weighted by Gasteiger charge is 2.34. The fourth-order valence-electron chi connectivity index (χ4n) is 4.22. The molecule has 0 unspecified atom stereocenters. The van der Waals surface area contributed by atoms with Crippen molar-refractivity contribution >= 4 is 0 Å². The van der Waals surface area contributed by atoms with Gasteiger partial charge in [0.25, 0.3) is 5.95 Å². The average molecular weight is 499 g/mol. The van der Waals surface area contributed by atoms with Crippen molar-refractivity contribution in [3.63, 3.8) is 0 Å². The van der Waals surface area contributed by atoms with E-state index in [0.717, 1.165) is 39.4 Å². The Hall–Kier alpha value is -4.26. The number of hydrogen-bond donors (Lipinski definition) is 0. The summed E-state index contributed by atoms with van der Waals surface area (Å²) in [7, 11) is 0. The fraction of sp³-hybridized carbons (Fsp3) is 0.167. The molecule has 186 valence electrons. The molecule has 0 aliphatic carbocycles. The zero-order valence-corrected chi connectivity index (χ0v) is 20.9. The van der Waals surface area contributed by atoms with Gasteiger partial charge in [-0.3, -0.25) is 0 Å². The molecule has 0 saturated heterocycles. The van der Waals surface area contributed by atoms with Crippen LogP contribution >= 0.6 is 0 Å². The molecule has 2 heterocycles. The predicted molar refractivity (Wildman–Crippen MR) is 139 cm³/mol. The van der Waals surface area contributed by atoms with Crippen LogP contribution in [0.3, 0.4) is 0 Å². The molecule has 0 spiro atoms. The van der Waals surface area contributed by atoms with Crippen LogP contribution < -0.4 is 0 Å².